The van der Waals surface area contributed by atoms with Crippen LogP contribution in [-0.2, 0) is 17.6 Å². The van der Waals surface area contributed by atoms with Crippen molar-refractivity contribution in [1.29, 1.82) is 0 Å². The molecule has 0 bridgehead atoms. The Morgan fingerprint density at radius 2 is 1.92 bits per heavy atom. The van der Waals surface area contributed by atoms with Crippen LogP contribution < -0.4 is 5.43 Å². The minimum absolute atomic E-state index is 0.180. The van der Waals surface area contributed by atoms with Gasteiger partial charge in [0.05, 0.1) is 23.8 Å². The zero-order valence-electron chi connectivity index (χ0n) is 14.1. The molecule has 0 radical (unpaired) electrons. The van der Waals surface area contributed by atoms with Crippen LogP contribution in [0.1, 0.15) is 55.3 Å². The first kappa shape index (κ1) is 17.4. The van der Waals surface area contributed by atoms with Gasteiger partial charge < -0.3 is 4.74 Å². The molecule has 6 heteroatoms. The number of aryl methyl sites for hydroxylation is 2. The molecule has 0 fully saturated rings. The molecule has 1 amide bonds. The Labute approximate surface area is 150 Å². The lowest BCUT2D eigenvalue weighted by atomic mass is 10.1. The van der Waals surface area contributed by atoms with Crippen LogP contribution in [0.4, 0.5) is 0 Å². The van der Waals surface area contributed by atoms with E-state index in [2.05, 4.69) is 15.3 Å². The number of rotatable bonds is 4. The summed E-state index contributed by atoms with van der Waals surface area (Å²) in [6, 6.07) is 8.81. The van der Waals surface area contributed by atoms with Crippen molar-refractivity contribution >= 4 is 29.4 Å². The average Bonchev–Trinajstić information content (AvgIpc) is 2.92. The topological polar surface area (TPSA) is 67.8 Å². The Balaban J connectivity index is 1.60. The summed E-state index contributed by atoms with van der Waals surface area (Å²) >= 11 is 1.57. The van der Waals surface area contributed by atoms with E-state index in [1.807, 2.05) is 6.07 Å². The van der Waals surface area contributed by atoms with E-state index >= 15 is 0 Å². The molecule has 1 aromatic carbocycles. The maximum atomic E-state index is 12.2. The number of nitrogens with one attached hydrogen (secondary N) is 1. The van der Waals surface area contributed by atoms with E-state index in [4.69, 9.17) is 0 Å². The van der Waals surface area contributed by atoms with Crippen LogP contribution in [-0.4, -0.2) is 25.2 Å². The minimum Gasteiger partial charge on any atom is -0.465 e. The zero-order valence-corrected chi connectivity index (χ0v) is 14.9. The average molecular weight is 356 g/mol. The molecule has 0 atom stereocenters. The minimum atomic E-state index is -0.380. The SMILES string of the molecule is COC(=O)c1ccc(/C=N\NC(=O)c2cc3c(s2)CCCCC3)cc1. The number of thiophene rings is 1. The van der Waals surface area contributed by atoms with Gasteiger partial charge in [0.2, 0.25) is 0 Å². The fourth-order valence-electron chi connectivity index (χ4n) is 2.82. The van der Waals surface area contributed by atoms with Crippen LogP contribution in [0.3, 0.4) is 0 Å². The summed E-state index contributed by atoms with van der Waals surface area (Å²) in [6.45, 7) is 0. The molecule has 1 N–H and O–H groups in total. The van der Waals surface area contributed by atoms with Gasteiger partial charge >= 0.3 is 5.97 Å². The summed E-state index contributed by atoms with van der Waals surface area (Å²) in [7, 11) is 1.34. The third-order valence-corrected chi connectivity index (χ3v) is 5.42. The molecule has 1 aromatic heterocycles. The first-order valence-corrected chi connectivity index (χ1v) is 9.12. The molecule has 1 aliphatic carbocycles. The number of hydrogen-bond acceptors (Lipinski definition) is 5. The number of amides is 1. The maximum Gasteiger partial charge on any atom is 0.337 e. The second-order valence-electron chi connectivity index (χ2n) is 5.93. The molecule has 3 rings (SSSR count). The normalized spacial score (nSPS) is 14.0. The summed E-state index contributed by atoms with van der Waals surface area (Å²) in [5.41, 5.74) is 5.15. The van der Waals surface area contributed by atoms with Crippen molar-refractivity contribution in [3.05, 3.63) is 56.8 Å². The summed E-state index contributed by atoms with van der Waals surface area (Å²) in [6.07, 6.45) is 7.36. The quantitative estimate of drug-likeness (QED) is 0.394. The Morgan fingerprint density at radius 3 is 2.68 bits per heavy atom. The monoisotopic (exact) mass is 356 g/mol. The number of carbonyl (C=O) groups excluding carboxylic acids is 2. The van der Waals surface area contributed by atoms with Gasteiger partial charge in [-0.05, 0) is 55.0 Å². The number of ether oxygens (including phenoxy) is 1. The fraction of sp³-hybridized carbons (Fsp3) is 0.316. The summed E-state index contributed by atoms with van der Waals surface area (Å²) in [5.74, 6) is -0.560. The molecule has 5 nitrogen and oxygen atoms in total. The van der Waals surface area contributed by atoms with Crippen molar-refractivity contribution in [3.63, 3.8) is 0 Å². The highest BCUT2D eigenvalue weighted by molar-refractivity contribution is 7.14. The molecule has 0 aliphatic heterocycles. The van der Waals surface area contributed by atoms with Crippen molar-refractivity contribution < 1.29 is 14.3 Å². The van der Waals surface area contributed by atoms with Gasteiger partial charge in [-0.15, -0.1) is 11.3 Å². The van der Waals surface area contributed by atoms with Crippen molar-refractivity contribution in [3.8, 4) is 0 Å². The van der Waals surface area contributed by atoms with Gasteiger partial charge in [-0.2, -0.15) is 5.10 Å². The third kappa shape index (κ3) is 4.33. The largest absolute Gasteiger partial charge is 0.465 e. The Kier molecular flexibility index (Phi) is 5.60. The van der Waals surface area contributed by atoms with Gasteiger partial charge in [-0.25, -0.2) is 10.2 Å². The van der Waals surface area contributed by atoms with E-state index < -0.39 is 0 Å². The van der Waals surface area contributed by atoms with Gasteiger partial charge in [0.25, 0.3) is 5.91 Å². The van der Waals surface area contributed by atoms with Gasteiger partial charge in [-0.3, -0.25) is 4.79 Å². The summed E-state index contributed by atoms with van der Waals surface area (Å²) in [5, 5.41) is 4.00. The van der Waals surface area contributed by atoms with Crippen molar-refractivity contribution in [2.75, 3.05) is 7.11 Å². The van der Waals surface area contributed by atoms with E-state index in [1.165, 1.54) is 36.8 Å². The van der Waals surface area contributed by atoms with Gasteiger partial charge in [0, 0.05) is 4.88 Å². The van der Waals surface area contributed by atoms with Crippen LogP contribution >= 0.6 is 11.3 Å². The molecule has 0 saturated carbocycles. The highest BCUT2D eigenvalue weighted by Gasteiger charge is 2.16. The molecule has 0 saturated heterocycles. The smallest absolute Gasteiger partial charge is 0.337 e. The van der Waals surface area contributed by atoms with Crippen LogP contribution in [0.2, 0.25) is 0 Å². The number of methoxy groups -OCH3 is 1. The predicted molar refractivity (Wildman–Crippen MR) is 98.4 cm³/mol. The van der Waals surface area contributed by atoms with E-state index in [9.17, 15) is 9.59 Å². The van der Waals surface area contributed by atoms with Gasteiger partial charge in [0.1, 0.15) is 0 Å². The Bertz CT molecular complexity index is 770. The first-order chi connectivity index (χ1) is 12.2. The van der Waals surface area contributed by atoms with Gasteiger partial charge in [0.15, 0.2) is 0 Å². The van der Waals surface area contributed by atoms with E-state index in [1.54, 1.807) is 41.8 Å². The number of benzene rings is 1. The second-order valence-corrected chi connectivity index (χ2v) is 7.07. The summed E-state index contributed by atoms with van der Waals surface area (Å²) in [4.78, 5) is 25.7. The molecular formula is C19H20N2O3S. The number of nitrogens with zero attached hydrogens (tertiary/aromatic N) is 1. The second kappa shape index (κ2) is 8.07. The fourth-order valence-corrected chi connectivity index (χ4v) is 3.97. The predicted octanol–water partition coefficient (Wildman–Crippen LogP) is 3.57. The highest BCUT2D eigenvalue weighted by atomic mass is 32.1. The Morgan fingerprint density at radius 1 is 1.16 bits per heavy atom. The lowest BCUT2D eigenvalue weighted by Gasteiger charge is -1.99. The van der Waals surface area contributed by atoms with Crippen LogP contribution in [0.25, 0.3) is 0 Å². The van der Waals surface area contributed by atoms with Crippen LogP contribution in [0, 0.1) is 0 Å². The number of carbonyl (C=O) groups is 2. The molecule has 0 spiro atoms. The molecule has 0 unspecified atom stereocenters. The summed E-state index contributed by atoms with van der Waals surface area (Å²) < 4.78 is 4.65. The standard InChI is InChI=1S/C19H20N2O3S/c1-24-19(23)14-9-7-13(8-10-14)12-20-21-18(22)17-11-15-5-3-2-4-6-16(15)25-17/h7-12H,2-6H2,1H3,(H,21,22)/b20-12-. The first-order valence-electron chi connectivity index (χ1n) is 8.31. The number of esters is 1. The van der Waals surface area contributed by atoms with E-state index in [0.29, 0.717) is 10.4 Å². The van der Waals surface area contributed by atoms with Crippen molar-refractivity contribution in [2.45, 2.75) is 32.1 Å². The van der Waals surface area contributed by atoms with E-state index in [0.717, 1.165) is 18.4 Å². The molecule has 130 valence electrons. The van der Waals surface area contributed by atoms with Gasteiger partial charge in [-0.1, -0.05) is 18.6 Å². The molecule has 1 aliphatic rings. The molecular weight excluding hydrogens is 336 g/mol. The zero-order chi connectivity index (χ0) is 17.6. The maximum absolute atomic E-state index is 12.2. The third-order valence-electron chi connectivity index (χ3n) is 4.18. The Hall–Kier alpha value is -2.47. The van der Waals surface area contributed by atoms with Crippen LogP contribution in [0.5, 0.6) is 0 Å². The molecule has 2 aromatic rings. The number of hydrazone groups is 1. The van der Waals surface area contributed by atoms with Crippen molar-refractivity contribution in [2.24, 2.45) is 5.10 Å². The lowest BCUT2D eigenvalue weighted by molar-refractivity contribution is 0.0600. The number of hydrogen-bond donors (Lipinski definition) is 1. The molecule has 25 heavy (non-hydrogen) atoms. The van der Waals surface area contributed by atoms with E-state index in [-0.39, 0.29) is 11.9 Å². The highest BCUT2D eigenvalue weighted by Crippen LogP contribution is 2.28. The number of fused-ring (bicyclic) bond motifs is 1. The van der Waals surface area contributed by atoms with Crippen LogP contribution in [0.15, 0.2) is 35.4 Å². The van der Waals surface area contributed by atoms with Crippen molar-refractivity contribution in [1.82, 2.24) is 5.43 Å². The lowest BCUT2D eigenvalue weighted by Crippen LogP contribution is -2.16. The molecule has 1 heterocycles.